The maximum absolute atomic E-state index is 11.8. The van der Waals surface area contributed by atoms with Crippen molar-refractivity contribution in [3.8, 4) is 0 Å². The second-order valence-electron chi connectivity index (χ2n) is 4.56. The van der Waals surface area contributed by atoms with Gasteiger partial charge in [0, 0.05) is 4.47 Å². The molecule has 110 valence electrons. The molecule has 0 atom stereocenters. The van der Waals surface area contributed by atoms with Crippen LogP contribution in [0.15, 0.2) is 53.0 Å². The van der Waals surface area contributed by atoms with Gasteiger partial charge in [0.1, 0.15) is 0 Å². The number of halogens is 1. The zero-order chi connectivity index (χ0) is 15.1. The number of amides is 1. The lowest BCUT2D eigenvalue weighted by Crippen LogP contribution is -2.15. The van der Waals surface area contributed by atoms with Crippen molar-refractivity contribution in [3.63, 3.8) is 0 Å². The molecule has 0 bridgehead atoms. The molecule has 5 heteroatoms. The van der Waals surface area contributed by atoms with E-state index in [1.54, 1.807) is 12.1 Å². The molecule has 0 saturated heterocycles. The van der Waals surface area contributed by atoms with Crippen LogP contribution in [-0.4, -0.2) is 12.5 Å². The molecule has 0 spiro atoms. The Morgan fingerprint density at radius 3 is 2.57 bits per heavy atom. The molecule has 0 aromatic heterocycles. The lowest BCUT2D eigenvalue weighted by atomic mass is 10.2. The molecule has 0 fully saturated rings. The van der Waals surface area contributed by atoms with E-state index in [0.29, 0.717) is 31.0 Å². The number of hydrogen-bond acceptors (Lipinski definition) is 3. The fourth-order valence-electron chi connectivity index (χ4n) is 1.76. The first-order chi connectivity index (χ1) is 10.1. The summed E-state index contributed by atoms with van der Waals surface area (Å²) >= 11 is 3.38. The lowest BCUT2D eigenvalue weighted by Gasteiger charge is -2.08. The third-order valence-electron chi connectivity index (χ3n) is 2.89. The Balaban J connectivity index is 1.70. The SMILES string of the molecule is Nc1ccccc1NC(=O)CCOCc1ccc(Br)cc1. The number of nitrogen functional groups attached to an aromatic ring is 1. The molecule has 0 aliphatic heterocycles. The monoisotopic (exact) mass is 348 g/mol. The van der Waals surface area contributed by atoms with Crippen molar-refractivity contribution in [1.82, 2.24) is 0 Å². The molecule has 2 aromatic carbocycles. The maximum atomic E-state index is 11.8. The average molecular weight is 349 g/mol. The molecule has 21 heavy (non-hydrogen) atoms. The molecular weight excluding hydrogens is 332 g/mol. The van der Waals surface area contributed by atoms with E-state index < -0.39 is 0 Å². The van der Waals surface area contributed by atoms with E-state index in [4.69, 9.17) is 10.5 Å². The van der Waals surface area contributed by atoms with E-state index >= 15 is 0 Å². The topological polar surface area (TPSA) is 64.3 Å². The van der Waals surface area contributed by atoms with E-state index in [9.17, 15) is 4.79 Å². The third-order valence-corrected chi connectivity index (χ3v) is 3.42. The fourth-order valence-corrected chi connectivity index (χ4v) is 2.02. The van der Waals surface area contributed by atoms with Crippen LogP contribution in [0.4, 0.5) is 11.4 Å². The van der Waals surface area contributed by atoms with Gasteiger partial charge in [0.25, 0.3) is 0 Å². The van der Waals surface area contributed by atoms with Crippen LogP contribution < -0.4 is 11.1 Å². The van der Waals surface area contributed by atoms with Crippen molar-refractivity contribution in [2.75, 3.05) is 17.7 Å². The third kappa shape index (κ3) is 5.21. The summed E-state index contributed by atoms with van der Waals surface area (Å²) in [4.78, 5) is 11.8. The lowest BCUT2D eigenvalue weighted by molar-refractivity contribution is -0.117. The van der Waals surface area contributed by atoms with Gasteiger partial charge in [-0.2, -0.15) is 0 Å². The Morgan fingerprint density at radius 2 is 1.86 bits per heavy atom. The van der Waals surface area contributed by atoms with E-state index in [1.165, 1.54) is 0 Å². The number of benzene rings is 2. The van der Waals surface area contributed by atoms with Crippen LogP contribution in [0.25, 0.3) is 0 Å². The van der Waals surface area contributed by atoms with Crippen molar-refractivity contribution in [1.29, 1.82) is 0 Å². The van der Waals surface area contributed by atoms with Gasteiger partial charge < -0.3 is 15.8 Å². The number of hydrogen-bond donors (Lipinski definition) is 2. The minimum Gasteiger partial charge on any atom is -0.397 e. The molecular formula is C16H17BrN2O2. The predicted molar refractivity (Wildman–Crippen MR) is 87.9 cm³/mol. The summed E-state index contributed by atoms with van der Waals surface area (Å²) < 4.78 is 6.52. The van der Waals surface area contributed by atoms with Crippen molar-refractivity contribution >= 4 is 33.2 Å². The van der Waals surface area contributed by atoms with Gasteiger partial charge in [-0.05, 0) is 29.8 Å². The van der Waals surface area contributed by atoms with Crippen LogP contribution in [0.5, 0.6) is 0 Å². The minimum absolute atomic E-state index is 0.108. The molecule has 0 aliphatic rings. The van der Waals surface area contributed by atoms with E-state index in [1.807, 2.05) is 36.4 Å². The number of carbonyl (C=O) groups excluding carboxylic acids is 1. The number of para-hydroxylation sites is 2. The number of carbonyl (C=O) groups is 1. The van der Waals surface area contributed by atoms with Gasteiger partial charge in [-0.15, -0.1) is 0 Å². The van der Waals surface area contributed by atoms with Crippen LogP contribution in [0.2, 0.25) is 0 Å². The molecule has 0 aliphatic carbocycles. The molecule has 2 rings (SSSR count). The minimum atomic E-state index is -0.108. The Kier molecular flexibility index (Phi) is 5.78. The van der Waals surface area contributed by atoms with E-state index in [2.05, 4.69) is 21.2 Å². The molecule has 4 nitrogen and oxygen atoms in total. The van der Waals surface area contributed by atoms with Gasteiger partial charge >= 0.3 is 0 Å². The summed E-state index contributed by atoms with van der Waals surface area (Å²) in [5.74, 6) is -0.108. The van der Waals surface area contributed by atoms with Gasteiger partial charge in [-0.25, -0.2) is 0 Å². The molecule has 2 aromatic rings. The fraction of sp³-hybridized carbons (Fsp3) is 0.188. The zero-order valence-electron chi connectivity index (χ0n) is 11.5. The van der Waals surface area contributed by atoms with Gasteiger partial charge in [-0.1, -0.05) is 40.2 Å². The smallest absolute Gasteiger partial charge is 0.226 e. The standard InChI is InChI=1S/C16H17BrN2O2/c17-13-7-5-12(6-8-13)11-21-10-9-16(20)19-15-4-2-1-3-14(15)18/h1-8H,9-11,18H2,(H,19,20). The summed E-state index contributed by atoms with van der Waals surface area (Å²) in [6.07, 6.45) is 0.296. The predicted octanol–water partition coefficient (Wildman–Crippen LogP) is 3.58. The first-order valence-electron chi connectivity index (χ1n) is 6.61. The van der Waals surface area contributed by atoms with Crippen molar-refractivity contribution < 1.29 is 9.53 Å². The van der Waals surface area contributed by atoms with Crippen LogP contribution in [0.1, 0.15) is 12.0 Å². The Hall–Kier alpha value is -1.85. The number of ether oxygens (including phenoxy) is 1. The van der Waals surface area contributed by atoms with Gasteiger partial charge in [0.05, 0.1) is 31.0 Å². The second kappa shape index (κ2) is 7.81. The summed E-state index contributed by atoms with van der Waals surface area (Å²) in [7, 11) is 0. The van der Waals surface area contributed by atoms with Crippen molar-refractivity contribution in [3.05, 3.63) is 58.6 Å². The van der Waals surface area contributed by atoms with E-state index in [-0.39, 0.29) is 5.91 Å². The van der Waals surface area contributed by atoms with Crippen LogP contribution in [-0.2, 0) is 16.1 Å². The molecule has 0 saturated carbocycles. The van der Waals surface area contributed by atoms with Crippen molar-refractivity contribution in [2.24, 2.45) is 0 Å². The highest BCUT2D eigenvalue weighted by Crippen LogP contribution is 2.16. The van der Waals surface area contributed by atoms with Crippen molar-refractivity contribution in [2.45, 2.75) is 13.0 Å². The number of nitrogens with one attached hydrogen (secondary N) is 1. The Bertz CT molecular complexity index is 599. The van der Waals surface area contributed by atoms with Crippen LogP contribution >= 0.6 is 15.9 Å². The first kappa shape index (κ1) is 15.5. The summed E-state index contributed by atoms with van der Waals surface area (Å²) in [5, 5.41) is 2.77. The Morgan fingerprint density at radius 1 is 1.14 bits per heavy atom. The highest BCUT2D eigenvalue weighted by molar-refractivity contribution is 9.10. The summed E-state index contributed by atoms with van der Waals surface area (Å²) in [6.45, 7) is 0.864. The molecule has 0 heterocycles. The number of rotatable bonds is 6. The van der Waals surface area contributed by atoms with Crippen LogP contribution in [0, 0.1) is 0 Å². The normalized spacial score (nSPS) is 10.3. The highest BCUT2D eigenvalue weighted by atomic mass is 79.9. The second-order valence-corrected chi connectivity index (χ2v) is 5.48. The average Bonchev–Trinajstić information content (AvgIpc) is 2.48. The summed E-state index contributed by atoms with van der Waals surface area (Å²) in [6, 6.07) is 15.1. The maximum Gasteiger partial charge on any atom is 0.226 e. The molecule has 1 amide bonds. The van der Waals surface area contributed by atoms with Gasteiger partial charge in [0.2, 0.25) is 5.91 Å². The zero-order valence-corrected chi connectivity index (χ0v) is 13.1. The first-order valence-corrected chi connectivity index (χ1v) is 7.41. The largest absolute Gasteiger partial charge is 0.397 e. The summed E-state index contributed by atoms with van der Waals surface area (Å²) in [5.41, 5.74) is 8.03. The van der Waals surface area contributed by atoms with Crippen LogP contribution in [0.3, 0.4) is 0 Å². The Labute approximate surface area is 132 Å². The molecule has 0 unspecified atom stereocenters. The van der Waals surface area contributed by atoms with E-state index in [0.717, 1.165) is 10.0 Å². The number of anilines is 2. The molecule has 0 radical (unpaired) electrons. The molecule has 3 N–H and O–H groups in total. The van der Waals surface area contributed by atoms with Gasteiger partial charge in [0.15, 0.2) is 0 Å². The number of nitrogens with two attached hydrogens (primary N) is 1. The van der Waals surface area contributed by atoms with Gasteiger partial charge in [-0.3, -0.25) is 4.79 Å². The highest BCUT2D eigenvalue weighted by Gasteiger charge is 2.04. The quantitative estimate of drug-likeness (QED) is 0.619.